The van der Waals surface area contributed by atoms with Gasteiger partial charge in [0.15, 0.2) is 5.69 Å². The molecule has 7 nitrogen and oxygen atoms in total. The molecule has 0 fully saturated rings. The number of aromatic nitrogens is 1. The zero-order valence-corrected chi connectivity index (χ0v) is 12.5. The third-order valence-electron chi connectivity index (χ3n) is 3.05. The molecule has 8 heteroatoms. The molecule has 1 N–H and O–H groups in total. The van der Waals surface area contributed by atoms with Crippen molar-refractivity contribution in [2.24, 2.45) is 5.10 Å². The molecule has 1 aromatic heterocycles. The Hall–Kier alpha value is -3.13. The molecule has 0 saturated carbocycles. The summed E-state index contributed by atoms with van der Waals surface area (Å²) in [5.41, 5.74) is 3.17. The summed E-state index contributed by atoms with van der Waals surface area (Å²) in [5, 5.41) is 15.3. The van der Waals surface area contributed by atoms with Crippen LogP contribution in [0.15, 0.2) is 53.6 Å². The fourth-order valence-electron chi connectivity index (χ4n) is 1.99. The number of nitro benzene ring substituents is 1. The van der Waals surface area contributed by atoms with Gasteiger partial charge in [0.05, 0.1) is 15.8 Å². The number of hydrogen-bond donors (Lipinski definition) is 1. The van der Waals surface area contributed by atoms with Gasteiger partial charge in [-0.15, -0.1) is 0 Å². The van der Waals surface area contributed by atoms with E-state index >= 15 is 0 Å². The smallest absolute Gasteiger partial charge is 0.265 e. The number of fused-ring (bicyclic) bond motifs is 1. The number of rotatable bonds is 4. The molecule has 1 amide bonds. The van der Waals surface area contributed by atoms with Crippen molar-refractivity contribution in [2.45, 2.75) is 0 Å². The summed E-state index contributed by atoms with van der Waals surface area (Å²) in [7, 11) is 0. The maximum atomic E-state index is 12.1. The molecule has 0 saturated heterocycles. The highest BCUT2D eigenvalue weighted by Crippen LogP contribution is 2.21. The quantitative estimate of drug-likeness (QED) is 0.453. The lowest BCUT2D eigenvalue weighted by Gasteiger charge is -1.97. The molecular weight excluding hydrogens is 316 g/mol. The van der Waals surface area contributed by atoms with E-state index in [1.165, 1.54) is 29.9 Å². The molecule has 0 aliphatic rings. The van der Waals surface area contributed by atoms with Crippen molar-refractivity contribution >= 4 is 39.4 Å². The molecule has 114 valence electrons. The number of nitrogens with zero attached hydrogens (tertiary/aromatic N) is 3. The second kappa shape index (κ2) is 6.32. The SMILES string of the molecule is O=C(N/N=C/c1cccc([N+](=O)[O-])c1)c1nsc2ccccc12. The number of amides is 1. The van der Waals surface area contributed by atoms with E-state index in [-0.39, 0.29) is 5.69 Å². The second-order valence-electron chi connectivity index (χ2n) is 4.58. The van der Waals surface area contributed by atoms with E-state index in [0.717, 1.165) is 10.1 Å². The molecule has 0 atom stereocenters. The van der Waals surface area contributed by atoms with Crippen molar-refractivity contribution in [3.8, 4) is 0 Å². The van der Waals surface area contributed by atoms with Gasteiger partial charge in [0.25, 0.3) is 11.6 Å². The predicted octanol–water partition coefficient (Wildman–Crippen LogP) is 2.97. The number of non-ortho nitro benzene ring substituents is 1. The summed E-state index contributed by atoms with van der Waals surface area (Å²) >= 11 is 1.24. The van der Waals surface area contributed by atoms with Gasteiger partial charge in [-0.05, 0) is 17.6 Å². The summed E-state index contributed by atoms with van der Waals surface area (Å²) in [6.45, 7) is 0. The Kier molecular flexibility index (Phi) is 4.07. The second-order valence-corrected chi connectivity index (χ2v) is 5.38. The molecule has 23 heavy (non-hydrogen) atoms. The van der Waals surface area contributed by atoms with Crippen LogP contribution < -0.4 is 5.43 Å². The van der Waals surface area contributed by atoms with Gasteiger partial charge in [0.1, 0.15) is 0 Å². The van der Waals surface area contributed by atoms with Crippen LogP contribution in [-0.4, -0.2) is 21.4 Å². The van der Waals surface area contributed by atoms with Gasteiger partial charge >= 0.3 is 0 Å². The number of carbonyl (C=O) groups is 1. The van der Waals surface area contributed by atoms with Crippen LogP contribution in [0.25, 0.3) is 10.1 Å². The Balaban J connectivity index is 1.74. The van der Waals surface area contributed by atoms with Crippen LogP contribution in [0.4, 0.5) is 5.69 Å². The largest absolute Gasteiger partial charge is 0.291 e. The molecule has 3 aromatic rings. The molecule has 3 rings (SSSR count). The van der Waals surface area contributed by atoms with Gasteiger partial charge in [-0.1, -0.05) is 30.3 Å². The number of nitrogens with one attached hydrogen (secondary N) is 1. The highest BCUT2D eigenvalue weighted by atomic mass is 32.1. The van der Waals surface area contributed by atoms with Crippen molar-refractivity contribution < 1.29 is 9.72 Å². The van der Waals surface area contributed by atoms with Crippen LogP contribution in [0.2, 0.25) is 0 Å². The molecule has 0 spiro atoms. The number of hydrazone groups is 1. The van der Waals surface area contributed by atoms with Gasteiger partial charge in [-0.3, -0.25) is 14.9 Å². The normalized spacial score (nSPS) is 11.0. The lowest BCUT2D eigenvalue weighted by atomic mass is 10.2. The zero-order chi connectivity index (χ0) is 16.2. The zero-order valence-electron chi connectivity index (χ0n) is 11.7. The maximum Gasteiger partial charge on any atom is 0.291 e. The van der Waals surface area contributed by atoms with Crippen LogP contribution >= 0.6 is 11.5 Å². The Morgan fingerprint density at radius 3 is 2.91 bits per heavy atom. The van der Waals surface area contributed by atoms with E-state index in [1.807, 2.05) is 24.3 Å². The molecule has 0 aliphatic heterocycles. The fraction of sp³-hybridized carbons (Fsp3) is 0. The minimum atomic E-state index is -0.489. The van der Waals surface area contributed by atoms with Gasteiger partial charge in [-0.2, -0.15) is 9.47 Å². The Morgan fingerprint density at radius 2 is 2.09 bits per heavy atom. The number of hydrogen-bond acceptors (Lipinski definition) is 6. The number of benzene rings is 2. The lowest BCUT2D eigenvalue weighted by Crippen LogP contribution is -2.18. The van der Waals surface area contributed by atoms with Gasteiger partial charge in [0.2, 0.25) is 0 Å². The Bertz CT molecular complexity index is 920. The molecule has 0 aliphatic carbocycles. The minimum Gasteiger partial charge on any atom is -0.265 e. The topological polar surface area (TPSA) is 97.5 Å². The third-order valence-corrected chi connectivity index (χ3v) is 3.88. The average molecular weight is 326 g/mol. The first-order valence-electron chi connectivity index (χ1n) is 6.57. The van der Waals surface area contributed by atoms with Crippen molar-refractivity contribution in [3.63, 3.8) is 0 Å². The predicted molar refractivity (Wildman–Crippen MR) is 87.8 cm³/mol. The lowest BCUT2D eigenvalue weighted by molar-refractivity contribution is -0.384. The van der Waals surface area contributed by atoms with Gasteiger partial charge in [0, 0.05) is 23.1 Å². The van der Waals surface area contributed by atoms with Gasteiger partial charge < -0.3 is 0 Å². The molecule has 0 unspecified atom stereocenters. The number of carbonyl (C=O) groups excluding carboxylic acids is 1. The van der Waals surface area contributed by atoms with E-state index in [9.17, 15) is 14.9 Å². The minimum absolute atomic E-state index is 0.0363. The Morgan fingerprint density at radius 1 is 1.26 bits per heavy atom. The van der Waals surface area contributed by atoms with Crippen molar-refractivity contribution in [1.82, 2.24) is 9.80 Å². The van der Waals surface area contributed by atoms with E-state index in [0.29, 0.717) is 11.3 Å². The van der Waals surface area contributed by atoms with Crippen molar-refractivity contribution in [2.75, 3.05) is 0 Å². The maximum absolute atomic E-state index is 12.1. The van der Waals surface area contributed by atoms with Crippen LogP contribution in [0.5, 0.6) is 0 Å². The molecule has 1 heterocycles. The van der Waals surface area contributed by atoms with Crippen LogP contribution in [0.1, 0.15) is 16.1 Å². The summed E-state index contributed by atoms with van der Waals surface area (Å²) < 4.78 is 5.04. The van der Waals surface area contributed by atoms with E-state index in [4.69, 9.17) is 0 Å². The van der Waals surface area contributed by atoms with Crippen molar-refractivity contribution in [3.05, 3.63) is 69.9 Å². The molecule has 0 bridgehead atoms. The standard InChI is InChI=1S/C15H10N4O3S/c20-15(14-12-6-1-2-7-13(12)23-18-14)17-16-9-10-4-3-5-11(8-10)19(21)22/h1-9H,(H,17,20)/b16-9+. The van der Waals surface area contributed by atoms with E-state index in [1.54, 1.807) is 12.1 Å². The molecular formula is C15H10N4O3S. The summed E-state index contributed by atoms with van der Waals surface area (Å²) in [6.07, 6.45) is 1.35. The highest BCUT2D eigenvalue weighted by molar-refractivity contribution is 7.13. The first kappa shape index (κ1) is 14.8. The van der Waals surface area contributed by atoms with E-state index < -0.39 is 10.8 Å². The van der Waals surface area contributed by atoms with Crippen LogP contribution in [-0.2, 0) is 0 Å². The van der Waals surface area contributed by atoms with Crippen LogP contribution in [0, 0.1) is 10.1 Å². The molecule has 2 aromatic carbocycles. The summed E-state index contributed by atoms with van der Waals surface area (Å²) in [4.78, 5) is 22.3. The van der Waals surface area contributed by atoms with Crippen molar-refractivity contribution in [1.29, 1.82) is 0 Å². The summed E-state index contributed by atoms with van der Waals surface area (Å²) in [6, 6.07) is 13.4. The first-order valence-corrected chi connectivity index (χ1v) is 7.35. The first-order chi connectivity index (χ1) is 11.1. The van der Waals surface area contributed by atoms with E-state index in [2.05, 4.69) is 14.9 Å². The van der Waals surface area contributed by atoms with Crippen LogP contribution in [0.3, 0.4) is 0 Å². The monoisotopic (exact) mass is 326 g/mol. The summed E-state index contributed by atoms with van der Waals surface area (Å²) in [5.74, 6) is -0.427. The molecule has 0 radical (unpaired) electrons. The number of nitro groups is 1. The Labute approximate surface area is 134 Å². The fourth-order valence-corrected chi connectivity index (χ4v) is 2.76. The van der Waals surface area contributed by atoms with Gasteiger partial charge in [-0.25, -0.2) is 5.43 Å². The third kappa shape index (κ3) is 3.22. The highest BCUT2D eigenvalue weighted by Gasteiger charge is 2.13. The average Bonchev–Trinajstić information content (AvgIpc) is 2.99.